The van der Waals surface area contributed by atoms with E-state index in [2.05, 4.69) is 26.0 Å². The van der Waals surface area contributed by atoms with Crippen molar-refractivity contribution in [2.45, 2.75) is 19.8 Å². The monoisotopic (exact) mass is 239 g/mol. The standard InChI is InChI=1S/C7H8BrF2NO/c1-4-2-5(8)3-11-6(4)12-7(9)10/h2-3,6-7,11H,1H3. The Labute approximate surface area is 77.4 Å². The maximum atomic E-state index is 11.8. The molecule has 0 saturated carbocycles. The topological polar surface area (TPSA) is 21.3 Å². The summed E-state index contributed by atoms with van der Waals surface area (Å²) < 4.78 is 28.6. The van der Waals surface area contributed by atoms with E-state index < -0.39 is 12.8 Å². The lowest BCUT2D eigenvalue weighted by atomic mass is 10.2. The maximum absolute atomic E-state index is 11.8. The smallest absolute Gasteiger partial charge is 0.347 e. The van der Waals surface area contributed by atoms with Gasteiger partial charge in [0.15, 0.2) is 6.23 Å². The highest BCUT2D eigenvalue weighted by Crippen LogP contribution is 2.18. The van der Waals surface area contributed by atoms with E-state index in [9.17, 15) is 8.78 Å². The molecule has 5 heteroatoms. The lowest BCUT2D eigenvalue weighted by molar-refractivity contribution is -0.157. The van der Waals surface area contributed by atoms with Crippen molar-refractivity contribution in [2.75, 3.05) is 0 Å². The summed E-state index contributed by atoms with van der Waals surface area (Å²) in [5, 5.41) is 2.67. The number of allylic oxidation sites excluding steroid dienone is 2. The minimum absolute atomic E-state index is 0.713. The van der Waals surface area contributed by atoms with Gasteiger partial charge in [-0.2, -0.15) is 8.78 Å². The van der Waals surface area contributed by atoms with Crippen LogP contribution in [0.3, 0.4) is 0 Å². The number of hydrogen-bond acceptors (Lipinski definition) is 2. The molecule has 0 spiro atoms. The summed E-state index contributed by atoms with van der Waals surface area (Å²) in [7, 11) is 0. The first-order valence-corrected chi connectivity index (χ1v) is 4.12. The first kappa shape index (κ1) is 9.67. The molecular weight excluding hydrogens is 232 g/mol. The van der Waals surface area contributed by atoms with Gasteiger partial charge in [-0.1, -0.05) is 0 Å². The summed E-state index contributed by atoms with van der Waals surface area (Å²) in [6.45, 7) is -1.04. The lowest BCUT2D eigenvalue weighted by Gasteiger charge is -2.21. The van der Waals surface area contributed by atoms with Crippen molar-refractivity contribution in [3.05, 3.63) is 22.3 Å². The van der Waals surface area contributed by atoms with Crippen molar-refractivity contribution < 1.29 is 13.5 Å². The van der Waals surface area contributed by atoms with Crippen LogP contribution in [0.5, 0.6) is 0 Å². The number of halogens is 3. The number of ether oxygens (including phenoxy) is 1. The van der Waals surface area contributed by atoms with Gasteiger partial charge in [0.05, 0.1) is 0 Å². The molecule has 1 heterocycles. The van der Waals surface area contributed by atoms with E-state index >= 15 is 0 Å². The Kier molecular flexibility index (Phi) is 3.22. The Bertz CT molecular complexity index is 227. The molecule has 1 atom stereocenters. The van der Waals surface area contributed by atoms with Crippen LogP contribution in [0.1, 0.15) is 6.92 Å². The van der Waals surface area contributed by atoms with Crippen molar-refractivity contribution >= 4 is 15.9 Å². The molecule has 1 rings (SSSR count). The van der Waals surface area contributed by atoms with Crippen LogP contribution >= 0.6 is 15.9 Å². The van der Waals surface area contributed by atoms with E-state index in [-0.39, 0.29) is 0 Å². The Morgan fingerprint density at radius 3 is 2.83 bits per heavy atom. The van der Waals surface area contributed by atoms with Gasteiger partial charge >= 0.3 is 6.61 Å². The zero-order valence-electron chi connectivity index (χ0n) is 6.35. The predicted octanol–water partition coefficient (Wildman–Crippen LogP) is 2.34. The molecule has 0 aromatic rings. The van der Waals surface area contributed by atoms with Crippen LogP contribution in [0.4, 0.5) is 8.78 Å². The van der Waals surface area contributed by atoms with Gasteiger partial charge in [0.1, 0.15) is 0 Å². The second-order valence-corrected chi connectivity index (χ2v) is 3.28. The average Bonchev–Trinajstić information content (AvgIpc) is 1.94. The van der Waals surface area contributed by atoms with Crippen molar-refractivity contribution in [2.24, 2.45) is 0 Å². The van der Waals surface area contributed by atoms with Crippen LogP contribution in [0.25, 0.3) is 0 Å². The van der Waals surface area contributed by atoms with Crippen molar-refractivity contribution in [1.29, 1.82) is 0 Å². The summed E-state index contributed by atoms with van der Waals surface area (Å²) in [4.78, 5) is 0. The van der Waals surface area contributed by atoms with Gasteiger partial charge in [-0.3, -0.25) is 4.74 Å². The zero-order valence-corrected chi connectivity index (χ0v) is 7.94. The van der Waals surface area contributed by atoms with Gasteiger partial charge in [0.25, 0.3) is 0 Å². The van der Waals surface area contributed by atoms with E-state index in [0.29, 0.717) is 5.57 Å². The summed E-state index contributed by atoms with van der Waals surface area (Å²) in [5.41, 5.74) is 0.713. The molecule has 1 aliphatic rings. The average molecular weight is 240 g/mol. The van der Waals surface area contributed by atoms with Crippen molar-refractivity contribution in [3.63, 3.8) is 0 Å². The SMILES string of the molecule is CC1=CC(Br)=CNC1OC(F)F. The fourth-order valence-corrected chi connectivity index (χ4v) is 1.36. The third-order valence-electron chi connectivity index (χ3n) is 1.39. The van der Waals surface area contributed by atoms with Crippen LogP contribution in [-0.4, -0.2) is 12.8 Å². The second kappa shape index (κ2) is 4.00. The molecule has 0 amide bonds. The quantitative estimate of drug-likeness (QED) is 0.799. The van der Waals surface area contributed by atoms with E-state index in [4.69, 9.17) is 0 Å². The fourth-order valence-electron chi connectivity index (χ4n) is 0.871. The first-order valence-electron chi connectivity index (χ1n) is 3.33. The minimum atomic E-state index is -2.75. The number of rotatable bonds is 2. The summed E-state index contributed by atoms with van der Waals surface area (Å²) in [6, 6.07) is 0. The molecule has 1 aliphatic heterocycles. The van der Waals surface area contributed by atoms with Gasteiger partial charge in [0.2, 0.25) is 0 Å². The van der Waals surface area contributed by atoms with Gasteiger partial charge in [-0.25, -0.2) is 0 Å². The molecular formula is C7H8BrF2NO. The van der Waals surface area contributed by atoms with Gasteiger partial charge < -0.3 is 5.32 Å². The minimum Gasteiger partial charge on any atom is -0.362 e. The molecule has 0 aromatic heterocycles. The molecule has 12 heavy (non-hydrogen) atoms. The predicted molar refractivity (Wildman–Crippen MR) is 44.8 cm³/mol. The largest absolute Gasteiger partial charge is 0.362 e. The summed E-state index contributed by atoms with van der Waals surface area (Å²) in [6.07, 6.45) is 2.58. The maximum Gasteiger partial charge on any atom is 0.347 e. The molecule has 1 N–H and O–H groups in total. The number of hydrogen-bond donors (Lipinski definition) is 1. The van der Waals surface area contributed by atoms with Crippen LogP contribution in [0.2, 0.25) is 0 Å². The Hall–Kier alpha value is -0.420. The Balaban J connectivity index is 2.56. The molecule has 0 aliphatic carbocycles. The fraction of sp³-hybridized carbons (Fsp3) is 0.429. The number of nitrogens with one attached hydrogen (secondary N) is 1. The summed E-state index contributed by atoms with van der Waals surface area (Å²) >= 11 is 3.20. The van der Waals surface area contributed by atoms with Crippen molar-refractivity contribution in [1.82, 2.24) is 5.32 Å². The third kappa shape index (κ3) is 2.57. The second-order valence-electron chi connectivity index (χ2n) is 2.36. The van der Waals surface area contributed by atoms with E-state index in [1.807, 2.05) is 0 Å². The summed E-state index contributed by atoms with van der Waals surface area (Å²) in [5.74, 6) is 0. The van der Waals surface area contributed by atoms with Gasteiger partial charge in [-0.05, 0) is 34.5 Å². The molecule has 2 nitrogen and oxygen atoms in total. The molecule has 68 valence electrons. The highest BCUT2D eigenvalue weighted by atomic mass is 79.9. The van der Waals surface area contributed by atoms with Crippen LogP contribution in [0, 0.1) is 0 Å². The van der Waals surface area contributed by atoms with E-state index in [1.54, 1.807) is 19.2 Å². The number of dihydropyridines is 1. The highest BCUT2D eigenvalue weighted by Gasteiger charge is 2.17. The molecule has 0 aromatic carbocycles. The molecule has 1 unspecified atom stereocenters. The number of alkyl halides is 2. The Morgan fingerprint density at radius 1 is 1.67 bits per heavy atom. The molecule has 0 fully saturated rings. The molecule has 0 saturated heterocycles. The van der Waals surface area contributed by atoms with Crippen LogP contribution in [0.15, 0.2) is 22.3 Å². The zero-order chi connectivity index (χ0) is 9.14. The van der Waals surface area contributed by atoms with Gasteiger partial charge in [0, 0.05) is 10.7 Å². The van der Waals surface area contributed by atoms with Crippen LogP contribution in [-0.2, 0) is 4.74 Å². The van der Waals surface area contributed by atoms with Gasteiger partial charge in [-0.15, -0.1) is 0 Å². The Morgan fingerprint density at radius 2 is 2.33 bits per heavy atom. The van der Waals surface area contributed by atoms with Crippen molar-refractivity contribution in [3.8, 4) is 0 Å². The molecule has 0 radical (unpaired) electrons. The van der Waals surface area contributed by atoms with E-state index in [1.165, 1.54) is 0 Å². The lowest BCUT2D eigenvalue weighted by Crippen LogP contribution is -2.32. The van der Waals surface area contributed by atoms with E-state index in [0.717, 1.165) is 4.48 Å². The normalized spacial score (nSPS) is 23.2. The highest BCUT2D eigenvalue weighted by molar-refractivity contribution is 9.11. The third-order valence-corrected chi connectivity index (χ3v) is 1.85. The molecule has 0 bridgehead atoms. The first-order chi connectivity index (χ1) is 5.59. The van der Waals surface area contributed by atoms with Crippen LogP contribution < -0.4 is 5.32 Å².